The number of carbonyl (C=O) groups excluding carboxylic acids is 1. The van der Waals surface area contributed by atoms with Crippen LogP contribution in [0.5, 0.6) is 0 Å². The molecule has 1 heterocycles. The SMILES string of the molecule is CCC1CCC(C#N)(NC(=O)c2cnc(Cl)c(Cl)c2)CC1. The second-order valence-electron chi connectivity index (χ2n) is 5.50. The van der Waals surface area contributed by atoms with Crippen molar-refractivity contribution in [2.45, 2.75) is 44.6 Å². The molecule has 112 valence electrons. The Labute approximate surface area is 134 Å². The predicted molar refractivity (Wildman–Crippen MR) is 82.3 cm³/mol. The highest BCUT2D eigenvalue weighted by molar-refractivity contribution is 6.41. The molecule has 6 heteroatoms. The largest absolute Gasteiger partial charge is 0.334 e. The average Bonchev–Trinajstić information content (AvgIpc) is 2.50. The predicted octanol–water partition coefficient (Wildman–Crippen LogP) is 3.98. The van der Waals surface area contributed by atoms with Gasteiger partial charge in [-0.15, -0.1) is 0 Å². The molecule has 0 atom stereocenters. The Morgan fingerprint density at radius 1 is 1.52 bits per heavy atom. The van der Waals surface area contributed by atoms with Gasteiger partial charge in [-0.3, -0.25) is 4.79 Å². The van der Waals surface area contributed by atoms with E-state index in [4.69, 9.17) is 23.2 Å². The Hall–Kier alpha value is -1.31. The van der Waals surface area contributed by atoms with Crippen molar-refractivity contribution >= 4 is 29.1 Å². The molecule has 1 saturated carbocycles. The van der Waals surface area contributed by atoms with Crippen molar-refractivity contribution in [1.82, 2.24) is 10.3 Å². The van der Waals surface area contributed by atoms with E-state index in [0.29, 0.717) is 24.3 Å². The number of rotatable bonds is 3. The van der Waals surface area contributed by atoms with Gasteiger partial charge in [-0.25, -0.2) is 4.98 Å². The van der Waals surface area contributed by atoms with Crippen LogP contribution in [0.1, 0.15) is 49.4 Å². The van der Waals surface area contributed by atoms with Crippen molar-refractivity contribution in [1.29, 1.82) is 5.26 Å². The molecule has 0 bridgehead atoms. The highest BCUT2D eigenvalue weighted by atomic mass is 35.5. The molecule has 1 aromatic heterocycles. The summed E-state index contributed by atoms with van der Waals surface area (Å²) in [6, 6.07) is 3.74. The molecule has 2 rings (SSSR count). The fraction of sp³-hybridized carbons (Fsp3) is 0.533. The molecule has 1 aliphatic carbocycles. The van der Waals surface area contributed by atoms with Gasteiger partial charge < -0.3 is 5.32 Å². The van der Waals surface area contributed by atoms with Crippen LogP contribution in [0.3, 0.4) is 0 Å². The Morgan fingerprint density at radius 3 is 2.71 bits per heavy atom. The van der Waals surface area contributed by atoms with E-state index in [9.17, 15) is 10.1 Å². The maximum absolute atomic E-state index is 12.3. The van der Waals surface area contributed by atoms with Crippen molar-refractivity contribution in [3.8, 4) is 6.07 Å². The molecule has 0 aliphatic heterocycles. The Bertz CT molecular complexity index is 575. The van der Waals surface area contributed by atoms with Gasteiger partial charge in [0.2, 0.25) is 0 Å². The lowest BCUT2D eigenvalue weighted by atomic mass is 9.76. The van der Waals surface area contributed by atoms with Crippen LogP contribution in [0.2, 0.25) is 10.2 Å². The van der Waals surface area contributed by atoms with Gasteiger partial charge in [0.15, 0.2) is 0 Å². The molecule has 1 amide bonds. The third-order valence-electron chi connectivity index (χ3n) is 4.16. The molecular formula is C15H17Cl2N3O. The smallest absolute Gasteiger partial charge is 0.254 e. The van der Waals surface area contributed by atoms with E-state index in [1.165, 1.54) is 12.3 Å². The molecule has 21 heavy (non-hydrogen) atoms. The number of hydrogen-bond donors (Lipinski definition) is 1. The van der Waals surface area contributed by atoms with E-state index < -0.39 is 5.54 Å². The Morgan fingerprint density at radius 2 is 2.19 bits per heavy atom. The van der Waals surface area contributed by atoms with Gasteiger partial charge in [-0.2, -0.15) is 5.26 Å². The lowest BCUT2D eigenvalue weighted by Crippen LogP contribution is -2.49. The van der Waals surface area contributed by atoms with E-state index in [2.05, 4.69) is 23.3 Å². The van der Waals surface area contributed by atoms with Gasteiger partial charge >= 0.3 is 0 Å². The Kier molecular flexibility index (Phi) is 5.08. The maximum Gasteiger partial charge on any atom is 0.254 e. The fourth-order valence-corrected chi connectivity index (χ4v) is 2.95. The summed E-state index contributed by atoms with van der Waals surface area (Å²) in [6.07, 6.45) is 5.78. The molecule has 0 radical (unpaired) electrons. The number of aromatic nitrogens is 1. The molecule has 0 saturated heterocycles. The van der Waals surface area contributed by atoms with Crippen LogP contribution in [0.15, 0.2) is 12.3 Å². The number of pyridine rings is 1. The van der Waals surface area contributed by atoms with Crippen molar-refractivity contribution < 1.29 is 4.79 Å². The van der Waals surface area contributed by atoms with Gasteiger partial charge in [-0.05, 0) is 37.7 Å². The van der Waals surface area contributed by atoms with Crippen molar-refractivity contribution in [2.75, 3.05) is 0 Å². The van der Waals surface area contributed by atoms with Gasteiger partial charge in [0, 0.05) is 6.20 Å². The van der Waals surface area contributed by atoms with Crippen molar-refractivity contribution in [3.05, 3.63) is 28.0 Å². The summed E-state index contributed by atoms with van der Waals surface area (Å²) in [7, 11) is 0. The standard InChI is InChI=1S/C15H17Cl2N3O/c1-2-10-3-5-15(9-18,6-4-10)20-14(21)11-7-12(16)13(17)19-8-11/h7-8,10H,2-6H2,1H3,(H,20,21). The summed E-state index contributed by atoms with van der Waals surface area (Å²) in [5, 5.41) is 12.7. The first-order valence-corrected chi connectivity index (χ1v) is 7.80. The van der Waals surface area contributed by atoms with Gasteiger partial charge in [0.25, 0.3) is 5.91 Å². The van der Waals surface area contributed by atoms with Crippen LogP contribution in [0.25, 0.3) is 0 Å². The summed E-state index contributed by atoms with van der Waals surface area (Å²) in [4.78, 5) is 16.1. The van der Waals surface area contributed by atoms with Crippen LogP contribution in [0.4, 0.5) is 0 Å². The number of nitrogens with one attached hydrogen (secondary N) is 1. The summed E-state index contributed by atoms with van der Waals surface area (Å²) in [5.41, 5.74) is -0.467. The van der Waals surface area contributed by atoms with Crippen LogP contribution in [-0.2, 0) is 0 Å². The topological polar surface area (TPSA) is 65.8 Å². The van der Waals surface area contributed by atoms with Crippen LogP contribution < -0.4 is 5.32 Å². The van der Waals surface area contributed by atoms with Crippen molar-refractivity contribution in [3.63, 3.8) is 0 Å². The molecular weight excluding hydrogens is 309 g/mol. The third-order valence-corrected chi connectivity index (χ3v) is 4.85. The van der Waals surface area contributed by atoms with E-state index in [0.717, 1.165) is 19.3 Å². The highest BCUT2D eigenvalue weighted by Crippen LogP contribution is 2.33. The molecule has 1 aromatic rings. The number of nitrogens with zero attached hydrogens (tertiary/aromatic N) is 2. The first-order valence-electron chi connectivity index (χ1n) is 7.04. The van der Waals surface area contributed by atoms with Crippen molar-refractivity contribution in [2.24, 2.45) is 5.92 Å². The molecule has 4 nitrogen and oxygen atoms in total. The number of carbonyl (C=O) groups is 1. The van der Waals surface area contributed by atoms with Crippen LogP contribution in [-0.4, -0.2) is 16.4 Å². The van der Waals surface area contributed by atoms with E-state index in [-0.39, 0.29) is 16.1 Å². The summed E-state index contributed by atoms with van der Waals surface area (Å²) >= 11 is 11.6. The summed E-state index contributed by atoms with van der Waals surface area (Å²) in [5.74, 6) is 0.313. The minimum absolute atomic E-state index is 0.159. The minimum Gasteiger partial charge on any atom is -0.334 e. The van der Waals surface area contributed by atoms with Crippen LogP contribution in [0, 0.1) is 17.2 Å². The van der Waals surface area contributed by atoms with Crippen LogP contribution >= 0.6 is 23.2 Å². The number of amides is 1. The number of hydrogen-bond acceptors (Lipinski definition) is 3. The zero-order valence-electron chi connectivity index (χ0n) is 11.8. The Balaban J connectivity index is 2.10. The van der Waals surface area contributed by atoms with E-state index >= 15 is 0 Å². The first-order chi connectivity index (χ1) is 9.99. The highest BCUT2D eigenvalue weighted by Gasteiger charge is 2.36. The van der Waals surface area contributed by atoms with Gasteiger partial charge in [0.05, 0.1) is 16.7 Å². The zero-order chi connectivity index (χ0) is 15.5. The zero-order valence-corrected chi connectivity index (χ0v) is 13.3. The molecule has 1 fully saturated rings. The molecule has 0 aromatic carbocycles. The molecule has 1 N–H and O–H groups in total. The summed E-state index contributed by atoms with van der Waals surface area (Å²) in [6.45, 7) is 2.16. The monoisotopic (exact) mass is 325 g/mol. The second kappa shape index (κ2) is 6.64. The second-order valence-corrected chi connectivity index (χ2v) is 6.26. The van der Waals surface area contributed by atoms with E-state index in [1.54, 1.807) is 0 Å². The third kappa shape index (κ3) is 3.66. The molecule has 1 aliphatic rings. The lowest BCUT2D eigenvalue weighted by Gasteiger charge is -2.35. The minimum atomic E-state index is -0.783. The fourth-order valence-electron chi connectivity index (χ4n) is 2.68. The van der Waals surface area contributed by atoms with Gasteiger partial charge in [0.1, 0.15) is 10.7 Å². The lowest BCUT2D eigenvalue weighted by molar-refractivity contribution is 0.0891. The first kappa shape index (κ1) is 16.1. The number of nitriles is 1. The molecule has 0 unspecified atom stereocenters. The maximum atomic E-state index is 12.3. The number of halogens is 2. The quantitative estimate of drug-likeness (QED) is 0.854. The average molecular weight is 326 g/mol. The van der Waals surface area contributed by atoms with Gasteiger partial charge in [-0.1, -0.05) is 36.5 Å². The van der Waals surface area contributed by atoms with E-state index in [1.807, 2.05) is 0 Å². The normalized spacial score (nSPS) is 25.1. The summed E-state index contributed by atoms with van der Waals surface area (Å²) < 4.78 is 0. The molecule has 0 spiro atoms.